The molecule has 1 aromatic carbocycles. The van der Waals surface area contributed by atoms with Crippen molar-refractivity contribution in [2.75, 3.05) is 18.4 Å². The Balaban J connectivity index is 1.45. The zero-order valence-electron chi connectivity index (χ0n) is 17.6. The first-order chi connectivity index (χ1) is 15.2. The first kappa shape index (κ1) is 22.3. The van der Waals surface area contributed by atoms with E-state index in [0.29, 0.717) is 47.9 Å². The molecule has 2 aromatic heterocycles. The maximum Gasteiger partial charge on any atom is 0.252 e. The fourth-order valence-corrected chi connectivity index (χ4v) is 6.35. The molecule has 3 heterocycles. The third-order valence-electron chi connectivity index (χ3n) is 5.27. The molecular weight excluding hydrogens is 452 g/mol. The number of carbonyl (C=O) groups is 2. The van der Waals surface area contributed by atoms with E-state index in [1.807, 2.05) is 0 Å². The lowest BCUT2D eigenvalue weighted by molar-refractivity contribution is -0.120. The van der Waals surface area contributed by atoms with Crippen LogP contribution in [0.25, 0.3) is 11.4 Å². The van der Waals surface area contributed by atoms with Crippen molar-refractivity contribution >= 4 is 38.7 Å². The summed E-state index contributed by atoms with van der Waals surface area (Å²) in [6.07, 6.45) is 1.18. The average molecular weight is 475 g/mol. The molecule has 32 heavy (non-hydrogen) atoms. The summed E-state index contributed by atoms with van der Waals surface area (Å²) in [6.45, 7) is 3.60. The van der Waals surface area contributed by atoms with Crippen LogP contribution >= 0.6 is 11.3 Å². The molecule has 1 fully saturated rings. The molecule has 3 aromatic rings. The number of benzene rings is 1. The molecule has 0 bridgehead atoms. The first-order valence-corrected chi connectivity index (χ1v) is 12.4. The van der Waals surface area contributed by atoms with Crippen molar-refractivity contribution in [3.63, 3.8) is 0 Å². The van der Waals surface area contributed by atoms with Crippen molar-refractivity contribution in [2.45, 2.75) is 30.9 Å². The van der Waals surface area contributed by atoms with E-state index in [0.717, 1.165) is 11.3 Å². The van der Waals surface area contributed by atoms with Gasteiger partial charge in [-0.15, -0.1) is 11.3 Å². The minimum absolute atomic E-state index is 0.0535. The predicted octanol–water partition coefficient (Wildman–Crippen LogP) is 3.35. The standard InChI is InChI=1S/C21H22N4O5S2/c1-13(26)15-5-7-18(8-6-15)23-21(27)16-4-3-9-25(11-16)32(28,29)19-10-17(12-31-19)20-22-14(2)30-24-20/h5-8,10,12,16H,3-4,9,11H2,1-2H3,(H,23,27)/t16-/m1/s1. The number of aryl methyl sites for hydroxylation is 1. The van der Waals surface area contributed by atoms with Crippen LogP contribution in [0, 0.1) is 12.8 Å². The lowest BCUT2D eigenvalue weighted by Crippen LogP contribution is -2.43. The van der Waals surface area contributed by atoms with Gasteiger partial charge >= 0.3 is 0 Å². The van der Waals surface area contributed by atoms with Crippen molar-refractivity contribution in [1.29, 1.82) is 0 Å². The lowest BCUT2D eigenvalue weighted by Gasteiger charge is -2.30. The van der Waals surface area contributed by atoms with Crippen LogP contribution in [0.15, 0.2) is 44.4 Å². The molecule has 1 saturated heterocycles. The maximum atomic E-state index is 13.2. The minimum Gasteiger partial charge on any atom is -0.339 e. The van der Waals surface area contributed by atoms with Crippen LogP contribution in [0.3, 0.4) is 0 Å². The third-order valence-corrected chi connectivity index (χ3v) is 8.55. The Bertz CT molecular complexity index is 1250. The van der Waals surface area contributed by atoms with Gasteiger partial charge in [0.2, 0.25) is 17.6 Å². The molecule has 1 aliphatic rings. The number of sulfonamides is 1. The van der Waals surface area contributed by atoms with Crippen LogP contribution in [0.5, 0.6) is 0 Å². The van der Waals surface area contributed by atoms with Crippen molar-refractivity contribution in [3.05, 3.63) is 47.2 Å². The van der Waals surface area contributed by atoms with E-state index >= 15 is 0 Å². The summed E-state index contributed by atoms with van der Waals surface area (Å²) in [7, 11) is -3.75. The van der Waals surface area contributed by atoms with Crippen LogP contribution in [-0.2, 0) is 14.8 Å². The highest BCUT2D eigenvalue weighted by Gasteiger charge is 2.34. The van der Waals surface area contributed by atoms with Crippen LogP contribution < -0.4 is 5.32 Å². The summed E-state index contributed by atoms with van der Waals surface area (Å²) in [6, 6.07) is 8.16. The number of carbonyl (C=O) groups excluding carboxylic acids is 2. The summed E-state index contributed by atoms with van der Waals surface area (Å²) in [4.78, 5) is 28.3. The number of piperidine rings is 1. The summed E-state index contributed by atoms with van der Waals surface area (Å²) in [5.74, 6) is -0.0227. The Morgan fingerprint density at radius 3 is 2.66 bits per heavy atom. The van der Waals surface area contributed by atoms with Gasteiger partial charge in [-0.05, 0) is 50.1 Å². The molecule has 11 heteroatoms. The van der Waals surface area contributed by atoms with Gasteiger partial charge in [0.15, 0.2) is 5.78 Å². The van der Waals surface area contributed by atoms with Gasteiger partial charge in [0, 0.05) is 42.2 Å². The summed E-state index contributed by atoms with van der Waals surface area (Å²) in [5.41, 5.74) is 1.70. The zero-order chi connectivity index (χ0) is 22.9. The van der Waals surface area contributed by atoms with Gasteiger partial charge in [-0.3, -0.25) is 9.59 Å². The number of rotatable bonds is 6. The fourth-order valence-electron chi connectivity index (χ4n) is 3.52. The highest BCUT2D eigenvalue weighted by molar-refractivity contribution is 7.91. The zero-order valence-corrected chi connectivity index (χ0v) is 19.2. The molecule has 0 spiro atoms. The molecule has 0 aliphatic carbocycles. The van der Waals surface area contributed by atoms with E-state index in [4.69, 9.17) is 4.52 Å². The molecule has 1 atom stereocenters. The molecule has 1 amide bonds. The van der Waals surface area contributed by atoms with Crippen molar-refractivity contribution < 1.29 is 22.5 Å². The molecular formula is C21H22N4O5S2. The number of thiophene rings is 1. The van der Waals surface area contributed by atoms with E-state index in [1.165, 1.54) is 17.3 Å². The monoisotopic (exact) mass is 474 g/mol. The Morgan fingerprint density at radius 2 is 2.00 bits per heavy atom. The van der Waals surface area contributed by atoms with Crippen molar-refractivity contribution in [2.24, 2.45) is 5.92 Å². The van der Waals surface area contributed by atoms with Gasteiger partial charge in [-0.2, -0.15) is 9.29 Å². The minimum atomic E-state index is -3.75. The summed E-state index contributed by atoms with van der Waals surface area (Å²) >= 11 is 1.09. The Morgan fingerprint density at radius 1 is 1.25 bits per heavy atom. The van der Waals surface area contributed by atoms with Crippen molar-refractivity contribution in [3.8, 4) is 11.4 Å². The largest absolute Gasteiger partial charge is 0.339 e. The molecule has 168 valence electrons. The lowest BCUT2D eigenvalue weighted by atomic mass is 9.98. The van der Waals surface area contributed by atoms with Gasteiger partial charge in [0.05, 0.1) is 5.92 Å². The molecule has 1 aliphatic heterocycles. The van der Waals surface area contributed by atoms with Gasteiger partial charge in [0.1, 0.15) is 4.21 Å². The number of nitrogens with one attached hydrogen (secondary N) is 1. The van der Waals surface area contributed by atoms with E-state index < -0.39 is 15.9 Å². The van der Waals surface area contributed by atoms with Gasteiger partial charge in [0.25, 0.3) is 10.0 Å². The molecule has 0 unspecified atom stereocenters. The van der Waals surface area contributed by atoms with Crippen LogP contribution in [0.1, 0.15) is 36.0 Å². The first-order valence-electron chi connectivity index (χ1n) is 10.1. The Labute approximate surface area is 189 Å². The highest BCUT2D eigenvalue weighted by Crippen LogP contribution is 2.31. The third kappa shape index (κ3) is 4.64. The van der Waals surface area contributed by atoms with Gasteiger partial charge in [-0.25, -0.2) is 8.42 Å². The van der Waals surface area contributed by atoms with Gasteiger partial charge < -0.3 is 9.84 Å². The second-order valence-corrected chi connectivity index (χ2v) is 10.7. The van der Waals surface area contributed by atoms with Crippen molar-refractivity contribution in [1.82, 2.24) is 14.4 Å². The number of hydrogen-bond acceptors (Lipinski definition) is 8. The van der Waals surface area contributed by atoms with E-state index in [-0.39, 0.29) is 22.4 Å². The van der Waals surface area contributed by atoms with Crippen LogP contribution in [-0.4, -0.2) is 47.6 Å². The van der Waals surface area contributed by atoms with Gasteiger partial charge in [-0.1, -0.05) is 5.16 Å². The normalized spacial score (nSPS) is 17.2. The van der Waals surface area contributed by atoms with Crippen LogP contribution in [0.4, 0.5) is 5.69 Å². The number of anilines is 1. The predicted molar refractivity (Wildman–Crippen MR) is 119 cm³/mol. The second-order valence-electron chi connectivity index (χ2n) is 7.62. The SMILES string of the molecule is CC(=O)c1ccc(NC(=O)[C@@H]2CCCN(S(=O)(=O)c3cc(-c4noc(C)n4)cs3)C2)cc1. The topological polar surface area (TPSA) is 122 Å². The Hall–Kier alpha value is -2.89. The van der Waals surface area contributed by atoms with Crippen LogP contribution in [0.2, 0.25) is 0 Å². The molecule has 0 radical (unpaired) electrons. The summed E-state index contributed by atoms with van der Waals surface area (Å²) < 4.78 is 32.8. The number of amides is 1. The number of aromatic nitrogens is 2. The number of Topliss-reactive ketones (excluding diaryl/α,β-unsaturated/α-hetero) is 1. The number of ketones is 1. The molecule has 4 rings (SSSR count). The Kier molecular flexibility index (Phi) is 6.22. The molecule has 1 N–H and O–H groups in total. The van der Waals surface area contributed by atoms with E-state index in [1.54, 1.807) is 36.6 Å². The average Bonchev–Trinajstić information content (AvgIpc) is 3.44. The highest BCUT2D eigenvalue weighted by atomic mass is 32.2. The van der Waals surface area contributed by atoms with E-state index in [2.05, 4.69) is 15.5 Å². The smallest absolute Gasteiger partial charge is 0.252 e. The number of hydrogen-bond donors (Lipinski definition) is 1. The van der Waals surface area contributed by atoms with E-state index in [9.17, 15) is 18.0 Å². The maximum absolute atomic E-state index is 13.2. The molecule has 0 saturated carbocycles. The fraction of sp³-hybridized carbons (Fsp3) is 0.333. The quantitative estimate of drug-likeness (QED) is 0.544. The molecule has 9 nitrogen and oxygen atoms in total. The summed E-state index contributed by atoms with van der Waals surface area (Å²) in [5, 5.41) is 8.32. The number of nitrogens with zero attached hydrogens (tertiary/aromatic N) is 3. The second kappa shape index (κ2) is 8.93.